The van der Waals surface area contributed by atoms with Gasteiger partial charge in [0.2, 0.25) is 0 Å². The largest absolute Gasteiger partial charge is 0.487 e. The number of nitrogens with one attached hydrogen (secondary N) is 1. The highest BCUT2D eigenvalue weighted by Crippen LogP contribution is 2.39. The molecule has 2 aromatic rings. The van der Waals surface area contributed by atoms with E-state index in [1.165, 1.54) is 0 Å². The molecule has 1 aliphatic heterocycles. The quantitative estimate of drug-likeness (QED) is 0.881. The van der Waals surface area contributed by atoms with Gasteiger partial charge in [0, 0.05) is 12.0 Å². The molecule has 1 N–H and O–H groups in total. The number of amides is 1. The van der Waals surface area contributed by atoms with Crippen molar-refractivity contribution in [2.24, 2.45) is 0 Å². The van der Waals surface area contributed by atoms with Crippen LogP contribution in [0.2, 0.25) is 0 Å². The number of hydrogen-bond donors (Lipinski definition) is 1. The lowest BCUT2D eigenvalue weighted by molar-refractivity contribution is -0.128. The predicted molar refractivity (Wildman–Crippen MR) is 103 cm³/mol. The lowest BCUT2D eigenvalue weighted by atomic mass is 9.89. The van der Waals surface area contributed by atoms with Gasteiger partial charge in [0.05, 0.1) is 6.04 Å². The number of carbonyl (C=O) groups excluding carboxylic acids is 1. The summed E-state index contributed by atoms with van der Waals surface area (Å²) in [6, 6.07) is 13.7. The summed E-state index contributed by atoms with van der Waals surface area (Å²) in [5.41, 5.74) is 2.86. The average molecular weight is 353 g/mol. The van der Waals surface area contributed by atoms with Crippen LogP contribution in [-0.2, 0) is 4.79 Å². The molecule has 1 heterocycles. The highest BCUT2D eigenvalue weighted by Gasteiger charge is 2.35. The van der Waals surface area contributed by atoms with Gasteiger partial charge in [-0.15, -0.1) is 0 Å². The SMILES string of the molecule is Cc1ccc2c(c1)C(NC(=O)C(C)Oc1ccccc1C)CC(C)(C)O2. The Labute approximate surface area is 155 Å². The summed E-state index contributed by atoms with van der Waals surface area (Å²) < 4.78 is 11.9. The first-order valence-electron chi connectivity index (χ1n) is 9.07. The smallest absolute Gasteiger partial charge is 0.261 e. The Hall–Kier alpha value is -2.49. The Morgan fingerprint density at radius 1 is 1.23 bits per heavy atom. The molecule has 0 aromatic heterocycles. The number of aryl methyl sites for hydroxylation is 2. The van der Waals surface area contributed by atoms with E-state index in [2.05, 4.69) is 11.4 Å². The van der Waals surface area contributed by atoms with E-state index in [4.69, 9.17) is 9.47 Å². The molecule has 2 atom stereocenters. The first-order chi connectivity index (χ1) is 12.2. The molecule has 26 heavy (non-hydrogen) atoms. The lowest BCUT2D eigenvalue weighted by Gasteiger charge is -2.38. The molecule has 2 aromatic carbocycles. The van der Waals surface area contributed by atoms with Gasteiger partial charge in [0.15, 0.2) is 6.10 Å². The second-order valence-electron chi connectivity index (χ2n) is 7.69. The number of rotatable bonds is 4. The predicted octanol–water partition coefficient (Wildman–Crippen LogP) is 4.49. The molecule has 0 saturated heterocycles. The van der Waals surface area contributed by atoms with Crippen molar-refractivity contribution in [2.75, 3.05) is 0 Å². The Morgan fingerprint density at radius 3 is 2.69 bits per heavy atom. The zero-order chi connectivity index (χ0) is 18.9. The van der Waals surface area contributed by atoms with Gasteiger partial charge in [-0.25, -0.2) is 0 Å². The zero-order valence-electron chi connectivity index (χ0n) is 16.1. The van der Waals surface area contributed by atoms with Crippen LogP contribution in [-0.4, -0.2) is 17.6 Å². The van der Waals surface area contributed by atoms with Crippen molar-refractivity contribution in [3.05, 3.63) is 59.2 Å². The molecule has 2 unspecified atom stereocenters. The van der Waals surface area contributed by atoms with Crippen molar-refractivity contribution in [3.63, 3.8) is 0 Å². The van der Waals surface area contributed by atoms with Gasteiger partial charge in [-0.3, -0.25) is 4.79 Å². The van der Waals surface area contributed by atoms with E-state index in [0.717, 1.165) is 28.2 Å². The molecule has 0 radical (unpaired) electrons. The summed E-state index contributed by atoms with van der Waals surface area (Å²) in [6.07, 6.45) is 0.141. The Morgan fingerprint density at radius 2 is 1.96 bits per heavy atom. The van der Waals surface area contributed by atoms with Gasteiger partial charge >= 0.3 is 0 Å². The van der Waals surface area contributed by atoms with Crippen molar-refractivity contribution in [3.8, 4) is 11.5 Å². The Balaban J connectivity index is 1.76. The van der Waals surface area contributed by atoms with Crippen LogP contribution in [0.1, 0.15) is 49.9 Å². The molecule has 0 saturated carbocycles. The molecule has 4 heteroatoms. The minimum atomic E-state index is -0.574. The highest BCUT2D eigenvalue weighted by atomic mass is 16.5. The fourth-order valence-electron chi connectivity index (χ4n) is 3.32. The zero-order valence-corrected chi connectivity index (χ0v) is 16.1. The van der Waals surface area contributed by atoms with E-state index < -0.39 is 6.10 Å². The number of ether oxygens (including phenoxy) is 2. The summed E-state index contributed by atoms with van der Waals surface area (Å²) in [5.74, 6) is 1.45. The average Bonchev–Trinajstić information content (AvgIpc) is 2.57. The number of carbonyl (C=O) groups is 1. The molecular weight excluding hydrogens is 326 g/mol. The van der Waals surface area contributed by atoms with Gasteiger partial charge in [-0.05, 0) is 52.3 Å². The molecule has 0 spiro atoms. The lowest BCUT2D eigenvalue weighted by Crippen LogP contribution is -2.44. The van der Waals surface area contributed by atoms with Gasteiger partial charge in [0.25, 0.3) is 5.91 Å². The second-order valence-corrected chi connectivity index (χ2v) is 7.69. The third-order valence-corrected chi connectivity index (χ3v) is 4.71. The first kappa shape index (κ1) is 18.3. The number of fused-ring (bicyclic) bond motifs is 1. The van der Waals surface area contributed by atoms with E-state index in [1.807, 2.05) is 64.1 Å². The number of hydrogen-bond acceptors (Lipinski definition) is 3. The molecule has 138 valence electrons. The molecule has 1 aliphatic rings. The van der Waals surface area contributed by atoms with E-state index in [0.29, 0.717) is 6.42 Å². The maximum Gasteiger partial charge on any atom is 0.261 e. The van der Waals surface area contributed by atoms with Crippen LogP contribution in [0.4, 0.5) is 0 Å². The van der Waals surface area contributed by atoms with E-state index >= 15 is 0 Å². The minimum Gasteiger partial charge on any atom is -0.487 e. The summed E-state index contributed by atoms with van der Waals surface area (Å²) >= 11 is 0. The van der Waals surface area contributed by atoms with Crippen molar-refractivity contribution in [1.82, 2.24) is 5.32 Å². The summed E-state index contributed by atoms with van der Waals surface area (Å²) in [5, 5.41) is 3.15. The fourth-order valence-corrected chi connectivity index (χ4v) is 3.32. The van der Waals surface area contributed by atoms with Crippen LogP contribution >= 0.6 is 0 Å². The highest BCUT2D eigenvalue weighted by molar-refractivity contribution is 5.81. The first-order valence-corrected chi connectivity index (χ1v) is 9.07. The van der Waals surface area contributed by atoms with Crippen molar-refractivity contribution in [2.45, 2.75) is 58.8 Å². The fraction of sp³-hybridized carbons (Fsp3) is 0.409. The molecule has 0 aliphatic carbocycles. The number of benzene rings is 2. The molecule has 3 rings (SSSR count). The van der Waals surface area contributed by atoms with Crippen LogP contribution in [0.15, 0.2) is 42.5 Å². The molecule has 1 amide bonds. The van der Waals surface area contributed by atoms with Crippen LogP contribution in [0.3, 0.4) is 0 Å². The summed E-state index contributed by atoms with van der Waals surface area (Å²) in [4.78, 5) is 12.8. The molecular formula is C22H27NO3. The van der Waals surface area contributed by atoms with Gasteiger partial charge in [-0.1, -0.05) is 35.9 Å². The molecule has 0 fully saturated rings. The minimum absolute atomic E-state index is 0.0935. The summed E-state index contributed by atoms with van der Waals surface area (Å²) in [7, 11) is 0. The van der Waals surface area contributed by atoms with E-state index in [1.54, 1.807) is 6.92 Å². The summed E-state index contributed by atoms with van der Waals surface area (Å²) in [6.45, 7) is 9.89. The normalized spacial score (nSPS) is 19.0. The van der Waals surface area contributed by atoms with Crippen LogP contribution in [0.5, 0.6) is 11.5 Å². The molecule has 4 nitrogen and oxygen atoms in total. The van der Waals surface area contributed by atoms with Crippen molar-refractivity contribution >= 4 is 5.91 Å². The third kappa shape index (κ3) is 4.01. The van der Waals surface area contributed by atoms with Gasteiger partial charge in [-0.2, -0.15) is 0 Å². The van der Waals surface area contributed by atoms with Gasteiger partial charge in [0.1, 0.15) is 17.1 Å². The van der Waals surface area contributed by atoms with E-state index in [9.17, 15) is 4.79 Å². The molecule has 0 bridgehead atoms. The number of para-hydroxylation sites is 1. The third-order valence-electron chi connectivity index (χ3n) is 4.71. The van der Waals surface area contributed by atoms with E-state index in [-0.39, 0.29) is 17.6 Å². The van der Waals surface area contributed by atoms with Crippen LogP contribution < -0.4 is 14.8 Å². The monoisotopic (exact) mass is 353 g/mol. The van der Waals surface area contributed by atoms with Crippen LogP contribution in [0, 0.1) is 13.8 Å². The second kappa shape index (κ2) is 7.02. The maximum absolute atomic E-state index is 12.8. The Kier molecular flexibility index (Phi) is 4.94. The standard InChI is InChI=1S/C22H27NO3/c1-14-10-11-20-17(12-14)18(13-22(4,5)26-20)23-21(24)16(3)25-19-9-7-6-8-15(19)2/h6-12,16,18H,13H2,1-5H3,(H,23,24). The topological polar surface area (TPSA) is 47.6 Å². The van der Waals surface area contributed by atoms with Crippen molar-refractivity contribution in [1.29, 1.82) is 0 Å². The van der Waals surface area contributed by atoms with Crippen molar-refractivity contribution < 1.29 is 14.3 Å². The Bertz CT molecular complexity index is 813. The maximum atomic E-state index is 12.8. The van der Waals surface area contributed by atoms with Crippen LogP contribution in [0.25, 0.3) is 0 Å². The van der Waals surface area contributed by atoms with Gasteiger partial charge < -0.3 is 14.8 Å².